The Kier molecular flexibility index (Phi) is 95.8. The van der Waals surface area contributed by atoms with E-state index in [0.717, 1.165) is 17.4 Å². The van der Waals surface area contributed by atoms with E-state index < -0.39 is 11.9 Å². The first-order valence-corrected chi connectivity index (χ1v) is 1.82. The SMILES string of the molecule is O=C([O-])C(=O)[O-].[Cl-].[Cl-].[Cl-].[O]=[V+2].[V+3]. The monoisotopic (exact) mass is 311 g/mol. The predicted molar refractivity (Wildman–Crippen MR) is 10.7 cm³/mol. The van der Waals surface area contributed by atoms with Gasteiger partial charge < -0.3 is 57.0 Å². The Morgan fingerprint density at radius 1 is 0.833 bits per heavy atom. The zero-order chi connectivity index (χ0) is 7.15. The van der Waals surface area contributed by atoms with E-state index in [1.54, 1.807) is 0 Å². The molecule has 5 nitrogen and oxygen atoms in total. The number of halogens is 3. The van der Waals surface area contributed by atoms with E-state index in [0.29, 0.717) is 0 Å². The van der Waals surface area contributed by atoms with Gasteiger partial charge in [0.25, 0.3) is 0 Å². The summed E-state index contributed by atoms with van der Waals surface area (Å²) >= 11 is 1.06. The predicted octanol–water partition coefficient (Wildman–Crippen LogP) is -12.6. The Bertz CT molecular complexity index is 98.9. The first-order valence-electron chi connectivity index (χ1n) is 1.25. The van der Waals surface area contributed by atoms with Gasteiger partial charge in [-0.05, 0) is 0 Å². The molecule has 0 radical (unpaired) electrons. The molecule has 0 N–H and O–H groups in total. The van der Waals surface area contributed by atoms with E-state index in [9.17, 15) is 0 Å². The van der Waals surface area contributed by atoms with Gasteiger partial charge >= 0.3 is 39.6 Å². The van der Waals surface area contributed by atoms with Gasteiger partial charge in [0, 0.05) is 0 Å². The summed E-state index contributed by atoms with van der Waals surface area (Å²) in [7, 11) is 0. The molecular weight excluding hydrogens is 312 g/mol. The zero-order valence-corrected chi connectivity index (χ0v) is 10.1. The molecule has 0 bridgehead atoms. The van der Waals surface area contributed by atoms with Crippen LogP contribution in [-0.2, 0) is 49.2 Å². The van der Waals surface area contributed by atoms with Crippen molar-refractivity contribution in [3.8, 4) is 0 Å². The van der Waals surface area contributed by atoms with Gasteiger partial charge in [-0.1, -0.05) is 0 Å². The maximum absolute atomic E-state index is 8.93. The summed E-state index contributed by atoms with van der Waals surface area (Å²) in [5.74, 6) is -4.37. The molecule has 0 atom stereocenters. The molecule has 0 aliphatic heterocycles. The number of rotatable bonds is 0. The second-order valence-corrected chi connectivity index (χ2v) is 0.575. The molecule has 0 aliphatic rings. The van der Waals surface area contributed by atoms with E-state index in [2.05, 4.69) is 0 Å². The third kappa shape index (κ3) is 45.1. The van der Waals surface area contributed by atoms with Crippen LogP contribution in [0, 0.1) is 0 Å². The summed E-state index contributed by atoms with van der Waals surface area (Å²) < 4.78 is 8.19. The van der Waals surface area contributed by atoms with Crippen LogP contribution in [0.1, 0.15) is 0 Å². The Morgan fingerprint density at radius 3 is 0.917 bits per heavy atom. The molecule has 10 heteroatoms. The van der Waals surface area contributed by atoms with Crippen LogP contribution in [0.2, 0.25) is 0 Å². The van der Waals surface area contributed by atoms with Crippen molar-refractivity contribution in [1.82, 2.24) is 0 Å². The second-order valence-electron chi connectivity index (χ2n) is 0.575. The molecular formula is C2Cl3O5V2. The molecule has 0 aliphatic carbocycles. The molecule has 0 saturated carbocycles. The van der Waals surface area contributed by atoms with Crippen molar-refractivity contribution in [3.63, 3.8) is 0 Å². The summed E-state index contributed by atoms with van der Waals surface area (Å²) in [5.41, 5.74) is 0. The molecule has 0 rings (SSSR count). The normalized spacial score (nSPS) is 4.17. The molecule has 0 amide bonds. The second kappa shape index (κ2) is 29.8. The van der Waals surface area contributed by atoms with Gasteiger partial charge in [0.1, 0.15) is 0 Å². The number of carbonyl (C=O) groups excluding carboxylic acids is 2. The summed E-state index contributed by atoms with van der Waals surface area (Å²) in [5, 5.41) is 17.9. The van der Waals surface area contributed by atoms with Crippen molar-refractivity contribution in [2.75, 3.05) is 0 Å². The van der Waals surface area contributed by atoms with E-state index >= 15 is 0 Å². The van der Waals surface area contributed by atoms with Crippen LogP contribution in [0.5, 0.6) is 0 Å². The van der Waals surface area contributed by atoms with Gasteiger partial charge in [0.15, 0.2) is 0 Å². The van der Waals surface area contributed by atoms with Crippen molar-refractivity contribution in [1.29, 1.82) is 0 Å². The number of aliphatic carboxylic acids is 2. The van der Waals surface area contributed by atoms with E-state index in [-0.39, 0.29) is 55.8 Å². The minimum Gasteiger partial charge on any atom is 3.00 e. The molecule has 0 aromatic heterocycles. The number of hydrogen-bond acceptors (Lipinski definition) is 5. The molecule has 0 aromatic carbocycles. The maximum Gasteiger partial charge on any atom is 3.00 e. The smallest absolute Gasteiger partial charge is 3.00 e. The van der Waals surface area contributed by atoms with Crippen LogP contribution in [0.4, 0.5) is 0 Å². The fraction of sp³-hybridized carbons (Fsp3) is 0. The minimum atomic E-state index is -2.19. The van der Waals surface area contributed by atoms with Gasteiger partial charge in [-0.3, -0.25) is 0 Å². The zero-order valence-electron chi connectivity index (χ0n) is 5.07. The van der Waals surface area contributed by atoms with Crippen LogP contribution in [0.3, 0.4) is 0 Å². The Labute approximate surface area is 108 Å². The van der Waals surface area contributed by atoms with Crippen LogP contribution in [-0.4, -0.2) is 11.9 Å². The summed E-state index contributed by atoms with van der Waals surface area (Å²) in [6.07, 6.45) is 0. The van der Waals surface area contributed by atoms with E-state index in [1.165, 1.54) is 0 Å². The largest absolute Gasteiger partial charge is 3.00 e. The quantitative estimate of drug-likeness (QED) is 0.414. The molecule has 0 aromatic rings. The maximum atomic E-state index is 8.93. The third-order valence-corrected chi connectivity index (χ3v) is 0.167. The summed E-state index contributed by atoms with van der Waals surface area (Å²) in [6.45, 7) is 0. The van der Waals surface area contributed by atoms with Gasteiger partial charge in [-0.2, -0.15) is 0 Å². The van der Waals surface area contributed by atoms with Crippen molar-refractivity contribution in [3.05, 3.63) is 0 Å². The summed E-state index contributed by atoms with van der Waals surface area (Å²) in [4.78, 5) is 17.9. The topological polar surface area (TPSA) is 97.3 Å². The van der Waals surface area contributed by atoms with Crippen molar-refractivity contribution in [2.24, 2.45) is 0 Å². The number of carboxylic acids is 2. The Hall–Kier alpha value is 0.779. The molecule has 69 valence electrons. The molecule has 0 saturated heterocycles. The summed E-state index contributed by atoms with van der Waals surface area (Å²) in [6, 6.07) is 0. The standard InChI is InChI=1S/C2H2O4.3ClH.O.2V/c3-1(4)2(5)6;;;;;;/h(H,3,4)(H,5,6);3*1H;;;/q;;;;;+2;+3/p-5. The molecule has 0 fully saturated rings. The van der Waals surface area contributed by atoms with Gasteiger partial charge in [-0.25, -0.2) is 0 Å². The van der Waals surface area contributed by atoms with Gasteiger partial charge in [0.05, 0.1) is 11.9 Å². The Balaban J connectivity index is -0.0000000140. The van der Waals surface area contributed by atoms with Crippen molar-refractivity contribution >= 4 is 11.9 Å². The fourth-order valence-electron chi connectivity index (χ4n) is 0. The first-order chi connectivity index (χ1) is 3.64. The van der Waals surface area contributed by atoms with Crippen LogP contribution >= 0.6 is 0 Å². The number of hydrogen-bond donors (Lipinski definition) is 0. The minimum absolute atomic E-state index is 0. The van der Waals surface area contributed by atoms with Crippen LogP contribution in [0.25, 0.3) is 0 Å². The molecule has 0 unspecified atom stereocenters. The molecule has 0 heterocycles. The first kappa shape index (κ1) is 38.6. The average Bonchev–Trinajstić information content (AvgIpc) is 1.72. The van der Waals surface area contributed by atoms with Gasteiger partial charge in [-0.15, -0.1) is 0 Å². The van der Waals surface area contributed by atoms with Crippen molar-refractivity contribution in [2.45, 2.75) is 0 Å². The third-order valence-electron chi connectivity index (χ3n) is 0.167. The number of carboxylic acid groups (broad SMARTS) is 2. The van der Waals surface area contributed by atoms with Gasteiger partial charge in [0.2, 0.25) is 0 Å². The average molecular weight is 312 g/mol. The van der Waals surface area contributed by atoms with Crippen LogP contribution in [0.15, 0.2) is 0 Å². The molecule has 0 spiro atoms. The van der Waals surface area contributed by atoms with Crippen LogP contribution < -0.4 is 47.4 Å². The fourth-order valence-corrected chi connectivity index (χ4v) is 0. The number of carbonyl (C=O) groups is 2. The molecule has 12 heavy (non-hydrogen) atoms. The Morgan fingerprint density at radius 2 is 0.917 bits per heavy atom. The van der Waals surface area contributed by atoms with E-state index in [4.69, 9.17) is 23.5 Å². The van der Waals surface area contributed by atoms with E-state index in [1.807, 2.05) is 0 Å². The van der Waals surface area contributed by atoms with Crippen molar-refractivity contribution < 1.29 is 96.6 Å².